The highest BCUT2D eigenvalue weighted by atomic mass is 79.9. The summed E-state index contributed by atoms with van der Waals surface area (Å²) in [5.41, 5.74) is 0.288. The summed E-state index contributed by atoms with van der Waals surface area (Å²) in [4.78, 5) is 19.9. The number of carbonyl (C=O) groups excluding carboxylic acids is 1. The highest BCUT2D eigenvalue weighted by Gasteiger charge is 2.12. The predicted octanol–water partition coefficient (Wildman–Crippen LogP) is 3.91. The van der Waals surface area contributed by atoms with Crippen LogP contribution in [0.15, 0.2) is 39.5 Å². The SMILES string of the molecule is O=C(Nc1ccc(Br)cn1)c1cc(Br)cnc1Cl. The number of aromatic nitrogens is 2. The van der Waals surface area contributed by atoms with Crippen LogP contribution in [0.2, 0.25) is 5.15 Å². The monoisotopic (exact) mass is 389 g/mol. The summed E-state index contributed by atoms with van der Waals surface area (Å²) in [6.07, 6.45) is 3.12. The molecule has 4 nitrogen and oxygen atoms in total. The number of halogens is 3. The van der Waals surface area contributed by atoms with E-state index in [2.05, 4.69) is 47.1 Å². The Morgan fingerprint density at radius 1 is 1.17 bits per heavy atom. The number of amides is 1. The Kier molecular flexibility index (Phi) is 4.31. The minimum atomic E-state index is -0.358. The van der Waals surface area contributed by atoms with E-state index in [1.807, 2.05) is 0 Å². The normalized spacial score (nSPS) is 10.2. The van der Waals surface area contributed by atoms with Crippen molar-refractivity contribution in [1.82, 2.24) is 9.97 Å². The van der Waals surface area contributed by atoms with E-state index < -0.39 is 0 Å². The molecule has 7 heteroatoms. The van der Waals surface area contributed by atoms with Crippen LogP contribution in [0.4, 0.5) is 5.82 Å². The summed E-state index contributed by atoms with van der Waals surface area (Å²) in [6.45, 7) is 0. The summed E-state index contributed by atoms with van der Waals surface area (Å²) in [5.74, 6) is 0.0860. The molecule has 0 spiro atoms. The maximum Gasteiger partial charge on any atom is 0.259 e. The van der Waals surface area contributed by atoms with Gasteiger partial charge in [0.25, 0.3) is 5.91 Å². The van der Waals surface area contributed by atoms with Gasteiger partial charge in [0.1, 0.15) is 11.0 Å². The Bertz CT molecular complexity index is 589. The van der Waals surface area contributed by atoms with Crippen molar-refractivity contribution < 1.29 is 4.79 Å². The predicted molar refractivity (Wildman–Crippen MR) is 76.8 cm³/mol. The Labute approximate surface area is 125 Å². The molecular weight excluding hydrogens is 385 g/mol. The molecule has 0 bridgehead atoms. The molecule has 92 valence electrons. The van der Waals surface area contributed by atoms with Crippen molar-refractivity contribution in [1.29, 1.82) is 0 Å². The average molecular weight is 391 g/mol. The molecule has 0 aliphatic rings. The van der Waals surface area contributed by atoms with Crippen LogP contribution in [0.1, 0.15) is 10.4 Å². The van der Waals surface area contributed by atoms with Crippen LogP contribution >= 0.6 is 43.5 Å². The van der Waals surface area contributed by atoms with Crippen molar-refractivity contribution in [2.45, 2.75) is 0 Å². The summed E-state index contributed by atoms with van der Waals surface area (Å²) in [7, 11) is 0. The largest absolute Gasteiger partial charge is 0.306 e. The lowest BCUT2D eigenvalue weighted by Gasteiger charge is -2.05. The number of nitrogens with one attached hydrogen (secondary N) is 1. The number of pyridine rings is 2. The molecule has 2 aromatic heterocycles. The minimum Gasteiger partial charge on any atom is -0.306 e. The maximum absolute atomic E-state index is 12.0. The first kappa shape index (κ1) is 13.5. The van der Waals surface area contributed by atoms with Crippen LogP contribution in [0.25, 0.3) is 0 Å². The zero-order chi connectivity index (χ0) is 13.1. The Morgan fingerprint density at radius 2 is 1.89 bits per heavy atom. The van der Waals surface area contributed by atoms with E-state index in [4.69, 9.17) is 11.6 Å². The van der Waals surface area contributed by atoms with Crippen LogP contribution in [0.3, 0.4) is 0 Å². The lowest BCUT2D eigenvalue weighted by Crippen LogP contribution is -2.13. The van der Waals surface area contributed by atoms with E-state index in [1.54, 1.807) is 24.4 Å². The van der Waals surface area contributed by atoms with Crippen molar-refractivity contribution >= 4 is 55.2 Å². The van der Waals surface area contributed by atoms with Crippen LogP contribution < -0.4 is 5.32 Å². The van der Waals surface area contributed by atoms with Gasteiger partial charge in [-0.3, -0.25) is 4.79 Å². The van der Waals surface area contributed by atoms with Gasteiger partial charge in [-0.15, -0.1) is 0 Å². The van der Waals surface area contributed by atoms with Gasteiger partial charge in [0.15, 0.2) is 0 Å². The summed E-state index contributed by atoms with van der Waals surface area (Å²) >= 11 is 12.4. The third kappa shape index (κ3) is 3.28. The van der Waals surface area contributed by atoms with Crippen molar-refractivity contribution in [3.63, 3.8) is 0 Å². The first-order valence-corrected chi connectivity index (χ1v) is 6.76. The van der Waals surface area contributed by atoms with Crippen molar-refractivity contribution in [2.24, 2.45) is 0 Å². The molecule has 2 aromatic rings. The number of hydrogen-bond acceptors (Lipinski definition) is 3. The van der Waals surface area contributed by atoms with Gasteiger partial charge < -0.3 is 5.32 Å². The topological polar surface area (TPSA) is 54.9 Å². The molecule has 0 atom stereocenters. The van der Waals surface area contributed by atoms with E-state index in [9.17, 15) is 4.79 Å². The molecule has 0 saturated heterocycles. The molecule has 0 aliphatic carbocycles. The lowest BCUT2D eigenvalue weighted by molar-refractivity contribution is 0.102. The standard InChI is InChI=1S/C11H6Br2ClN3O/c12-6-1-2-9(15-4-6)17-11(18)8-3-7(13)5-16-10(8)14/h1-5H,(H,15,17,18). The molecule has 0 aromatic carbocycles. The second kappa shape index (κ2) is 5.77. The van der Waals surface area contributed by atoms with Crippen LogP contribution in [-0.4, -0.2) is 15.9 Å². The Hall–Kier alpha value is -0.980. The maximum atomic E-state index is 12.0. The third-order valence-corrected chi connectivity index (χ3v) is 3.22. The second-order valence-electron chi connectivity index (χ2n) is 3.31. The third-order valence-electron chi connectivity index (χ3n) is 2.02. The molecular formula is C11H6Br2ClN3O. The zero-order valence-corrected chi connectivity index (χ0v) is 12.8. The molecule has 1 amide bonds. The van der Waals surface area contributed by atoms with Crippen molar-refractivity contribution in [3.8, 4) is 0 Å². The molecule has 0 fully saturated rings. The highest BCUT2D eigenvalue weighted by molar-refractivity contribution is 9.10. The van der Waals surface area contributed by atoms with Gasteiger partial charge in [-0.25, -0.2) is 9.97 Å². The molecule has 0 saturated carbocycles. The van der Waals surface area contributed by atoms with Gasteiger partial charge in [0.2, 0.25) is 0 Å². The first-order valence-electron chi connectivity index (χ1n) is 4.80. The van der Waals surface area contributed by atoms with Crippen molar-refractivity contribution in [3.05, 3.63) is 50.3 Å². The average Bonchev–Trinajstić information content (AvgIpc) is 2.35. The molecule has 2 heterocycles. The fourth-order valence-corrected chi connectivity index (χ4v) is 1.97. The number of nitrogens with zero attached hydrogens (tertiary/aromatic N) is 2. The number of rotatable bonds is 2. The highest BCUT2D eigenvalue weighted by Crippen LogP contribution is 2.19. The quantitative estimate of drug-likeness (QED) is 0.790. The zero-order valence-electron chi connectivity index (χ0n) is 8.82. The van der Waals surface area contributed by atoms with E-state index in [0.717, 1.165) is 4.47 Å². The summed E-state index contributed by atoms with van der Waals surface area (Å²) in [5, 5.41) is 2.78. The van der Waals surface area contributed by atoms with Crippen LogP contribution in [0, 0.1) is 0 Å². The summed E-state index contributed by atoms with van der Waals surface area (Å²) in [6, 6.07) is 5.06. The number of carbonyl (C=O) groups is 1. The van der Waals surface area contributed by atoms with Gasteiger partial charge >= 0.3 is 0 Å². The van der Waals surface area contributed by atoms with Gasteiger partial charge in [-0.2, -0.15) is 0 Å². The fraction of sp³-hybridized carbons (Fsp3) is 0. The molecule has 0 unspecified atom stereocenters. The van der Waals surface area contributed by atoms with Gasteiger partial charge in [-0.1, -0.05) is 11.6 Å². The minimum absolute atomic E-state index is 0.146. The van der Waals surface area contributed by atoms with E-state index >= 15 is 0 Å². The molecule has 0 radical (unpaired) electrons. The van der Waals surface area contributed by atoms with E-state index in [-0.39, 0.29) is 16.6 Å². The van der Waals surface area contributed by atoms with Crippen LogP contribution in [-0.2, 0) is 0 Å². The first-order chi connectivity index (χ1) is 8.56. The van der Waals surface area contributed by atoms with Gasteiger partial charge in [0.05, 0.1) is 5.56 Å². The molecule has 0 aliphatic heterocycles. The lowest BCUT2D eigenvalue weighted by atomic mass is 10.2. The van der Waals surface area contributed by atoms with E-state index in [1.165, 1.54) is 6.20 Å². The summed E-state index contributed by atoms with van der Waals surface area (Å²) < 4.78 is 1.52. The molecule has 2 rings (SSSR count). The van der Waals surface area contributed by atoms with E-state index in [0.29, 0.717) is 10.3 Å². The fourth-order valence-electron chi connectivity index (χ4n) is 1.22. The van der Waals surface area contributed by atoms with Gasteiger partial charge in [-0.05, 0) is 50.1 Å². The van der Waals surface area contributed by atoms with Gasteiger partial charge in [0, 0.05) is 21.3 Å². The Morgan fingerprint density at radius 3 is 2.56 bits per heavy atom. The molecule has 1 N–H and O–H groups in total. The smallest absolute Gasteiger partial charge is 0.259 e. The van der Waals surface area contributed by atoms with Crippen molar-refractivity contribution in [2.75, 3.05) is 5.32 Å². The number of anilines is 1. The number of hydrogen-bond donors (Lipinski definition) is 1. The van der Waals surface area contributed by atoms with Crippen LogP contribution in [0.5, 0.6) is 0 Å². The Balaban J connectivity index is 2.21. The second-order valence-corrected chi connectivity index (χ2v) is 5.50. The molecule has 18 heavy (non-hydrogen) atoms.